The Bertz CT molecular complexity index is 631. The summed E-state index contributed by atoms with van der Waals surface area (Å²) < 4.78 is 92.0. The number of allylic oxidation sites excluding steroid dienone is 2. The third kappa shape index (κ3) is 2.86. The molecule has 0 bridgehead atoms. The lowest BCUT2D eigenvalue weighted by molar-refractivity contribution is -0.344. The molecule has 0 saturated carbocycles. The van der Waals surface area contributed by atoms with Gasteiger partial charge in [0.15, 0.2) is 0 Å². The van der Waals surface area contributed by atoms with Crippen molar-refractivity contribution in [3.63, 3.8) is 0 Å². The minimum atomic E-state index is -6.62. The van der Waals surface area contributed by atoms with Crippen molar-refractivity contribution in [2.45, 2.75) is 18.0 Å². The Morgan fingerprint density at radius 3 is 1.62 bits per heavy atom. The van der Waals surface area contributed by atoms with Crippen LogP contribution >= 0.6 is 0 Å². The van der Waals surface area contributed by atoms with Gasteiger partial charge in [-0.2, -0.15) is 30.7 Å². The maximum absolute atomic E-state index is 14.1. The average molecular weight is 362 g/mol. The molecule has 1 aliphatic carbocycles. The number of nitrogens with zero attached hydrogens (tertiary/aromatic N) is 2. The summed E-state index contributed by atoms with van der Waals surface area (Å²) >= 11 is 0. The molecule has 11 heteroatoms. The van der Waals surface area contributed by atoms with E-state index in [0.29, 0.717) is 11.0 Å². The predicted octanol–water partition coefficient (Wildman–Crippen LogP) is 2.23. The molecule has 24 heavy (non-hydrogen) atoms. The first-order valence-electron chi connectivity index (χ1n) is 6.29. The zero-order chi connectivity index (χ0) is 19.2. The third-order valence-electron chi connectivity index (χ3n) is 3.19. The van der Waals surface area contributed by atoms with Crippen molar-refractivity contribution in [1.29, 1.82) is 0 Å². The van der Waals surface area contributed by atoms with Gasteiger partial charge in [-0.3, -0.25) is 9.59 Å². The van der Waals surface area contributed by atoms with Crippen LogP contribution in [0.25, 0.3) is 0 Å². The van der Waals surface area contributed by atoms with E-state index in [2.05, 4.69) is 0 Å². The standard InChI is InChI=1S/C13H13F7N2O2/c1-21(2)6-5-7(23)9(22(3)4)8(10(6)24)11(14,15)12(16,17)13(18,19)20/h5H,1-4H3. The summed E-state index contributed by atoms with van der Waals surface area (Å²) in [7, 11) is 4.23. The number of alkyl halides is 7. The third-order valence-corrected chi connectivity index (χ3v) is 3.19. The van der Waals surface area contributed by atoms with Gasteiger partial charge in [0.2, 0.25) is 11.6 Å². The molecule has 1 rings (SSSR count). The lowest BCUT2D eigenvalue weighted by atomic mass is 9.88. The van der Waals surface area contributed by atoms with Gasteiger partial charge in [0.25, 0.3) is 0 Å². The van der Waals surface area contributed by atoms with Crippen molar-refractivity contribution in [3.8, 4) is 0 Å². The number of Topliss-reactive ketones (excluding diaryl/α,β-unsaturated/α-hetero) is 1. The molecule has 0 unspecified atom stereocenters. The molecule has 4 nitrogen and oxygen atoms in total. The summed E-state index contributed by atoms with van der Waals surface area (Å²) in [5.41, 5.74) is -4.14. The second-order valence-electron chi connectivity index (χ2n) is 5.38. The summed E-state index contributed by atoms with van der Waals surface area (Å²) in [6.07, 6.45) is -6.02. The Kier molecular flexibility index (Phi) is 4.81. The largest absolute Gasteiger partial charge is 0.460 e. The first kappa shape index (κ1) is 20.0. The molecule has 136 valence electrons. The second kappa shape index (κ2) is 5.78. The van der Waals surface area contributed by atoms with Gasteiger partial charge in [-0.05, 0) is 0 Å². The Labute approximate surface area is 132 Å². The Morgan fingerprint density at radius 2 is 1.29 bits per heavy atom. The smallest absolute Gasteiger partial charge is 0.374 e. The van der Waals surface area contributed by atoms with Crippen molar-refractivity contribution in [3.05, 3.63) is 23.0 Å². The van der Waals surface area contributed by atoms with E-state index in [-0.39, 0.29) is 0 Å². The van der Waals surface area contributed by atoms with Gasteiger partial charge >= 0.3 is 18.0 Å². The number of carbonyl (C=O) groups is 2. The number of halogens is 7. The Morgan fingerprint density at radius 1 is 0.833 bits per heavy atom. The minimum absolute atomic E-state index is 0.596. The fourth-order valence-corrected chi connectivity index (χ4v) is 2.02. The van der Waals surface area contributed by atoms with Crippen molar-refractivity contribution in [2.24, 2.45) is 0 Å². The fraction of sp³-hybridized carbons (Fsp3) is 0.538. The molecule has 0 fully saturated rings. The SMILES string of the molecule is CN(C)C1=CC(=O)C(N(C)C)=C(C(F)(F)C(F)(F)C(F)(F)F)C1=O. The Balaban J connectivity index is 3.74. The van der Waals surface area contributed by atoms with Crippen LogP contribution in [0.1, 0.15) is 0 Å². The van der Waals surface area contributed by atoms with E-state index in [1.165, 1.54) is 0 Å². The topological polar surface area (TPSA) is 40.6 Å². The van der Waals surface area contributed by atoms with Crippen LogP contribution < -0.4 is 0 Å². The van der Waals surface area contributed by atoms with Gasteiger partial charge in [0, 0.05) is 34.3 Å². The predicted molar refractivity (Wildman–Crippen MR) is 68.4 cm³/mol. The molecule has 0 aromatic rings. The van der Waals surface area contributed by atoms with E-state index < -0.39 is 46.6 Å². The van der Waals surface area contributed by atoms with E-state index in [1.54, 1.807) is 0 Å². The molecule has 0 aliphatic heterocycles. The number of ketones is 2. The molecular formula is C13H13F7N2O2. The quantitative estimate of drug-likeness (QED) is 0.568. The minimum Gasteiger partial charge on any atom is -0.374 e. The van der Waals surface area contributed by atoms with Crippen LogP contribution in [0.15, 0.2) is 23.0 Å². The van der Waals surface area contributed by atoms with Gasteiger partial charge in [0.05, 0.1) is 11.4 Å². The van der Waals surface area contributed by atoms with Crippen LogP contribution in [0.4, 0.5) is 30.7 Å². The van der Waals surface area contributed by atoms with Gasteiger partial charge in [0.1, 0.15) is 5.57 Å². The summed E-state index contributed by atoms with van der Waals surface area (Å²) in [4.78, 5) is 25.5. The molecular weight excluding hydrogens is 349 g/mol. The van der Waals surface area contributed by atoms with Crippen molar-refractivity contribution >= 4 is 11.6 Å². The number of hydrogen-bond donors (Lipinski definition) is 0. The van der Waals surface area contributed by atoms with Crippen LogP contribution in [-0.2, 0) is 9.59 Å². The van der Waals surface area contributed by atoms with Gasteiger partial charge < -0.3 is 9.80 Å². The maximum atomic E-state index is 14.1. The molecule has 0 heterocycles. The van der Waals surface area contributed by atoms with E-state index in [9.17, 15) is 40.3 Å². The molecule has 0 aromatic heterocycles. The van der Waals surface area contributed by atoms with E-state index >= 15 is 0 Å². The average Bonchev–Trinajstić information content (AvgIpc) is 2.37. The van der Waals surface area contributed by atoms with Gasteiger partial charge in [-0.25, -0.2) is 0 Å². The normalized spacial score (nSPS) is 17.2. The van der Waals surface area contributed by atoms with Crippen LogP contribution in [0.2, 0.25) is 0 Å². The van der Waals surface area contributed by atoms with E-state index in [0.717, 1.165) is 33.1 Å². The summed E-state index contributed by atoms with van der Waals surface area (Å²) in [6.45, 7) is 0. The number of likely N-dealkylation sites (N-methyl/N-ethyl adjacent to an activating group) is 2. The molecule has 0 N–H and O–H groups in total. The summed E-state index contributed by atoms with van der Waals surface area (Å²) in [5, 5.41) is 0. The van der Waals surface area contributed by atoms with Gasteiger partial charge in [-0.1, -0.05) is 0 Å². The summed E-state index contributed by atoms with van der Waals surface area (Å²) in [5.74, 6) is -15.5. The van der Waals surface area contributed by atoms with E-state index in [4.69, 9.17) is 0 Å². The van der Waals surface area contributed by atoms with E-state index in [1.807, 2.05) is 0 Å². The monoisotopic (exact) mass is 362 g/mol. The first-order chi connectivity index (χ1) is 10.6. The molecule has 0 atom stereocenters. The summed E-state index contributed by atoms with van der Waals surface area (Å²) in [6, 6.07) is 0. The van der Waals surface area contributed by atoms with Crippen molar-refractivity contribution < 1.29 is 40.3 Å². The lowest BCUT2D eigenvalue weighted by Crippen LogP contribution is -2.56. The molecule has 0 spiro atoms. The van der Waals surface area contributed by atoms with Crippen molar-refractivity contribution in [1.82, 2.24) is 9.80 Å². The number of carbonyl (C=O) groups excluding carboxylic acids is 2. The van der Waals surface area contributed by atoms with Crippen LogP contribution in [-0.4, -0.2) is 67.6 Å². The molecule has 0 aromatic carbocycles. The first-order valence-corrected chi connectivity index (χ1v) is 6.29. The van der Waals surface area contributed by atoms with Crippen LogP contribution in [0, 0.1) is 0 Å². The highest BCUT2D eigenvalue weighted by atomic mass is 19.4. The zero-order valence-corrected chi connectivity index (χ0v) is 12.9. The van der Waals surface area contributed by atoms with Crippen molar-refractivity contribution in [2.75, 3.05) is 28.2 Å². The van der Waals surface area contributed by atoms with Crippen LogP contribution in [0.3, 0.4) is 0 Å². The highest BCUT2D eigenvalue weighted by Crippen LogP contribution is 2.51. The highest BCUT2D eigenvalue weighted by Gasteiger charge is 2.76. The van der Waals surface area contributed by atoms with Gasteiger partial charge in [-0.15, -0.1) is 0 Å². The fourth-order valence-electron chi connectivity index (χ4n) is 2.02. The number of hydrogen-bond acceptors (Lipinski definition) is 4. The molecule has 0 saturated heterocycles. The Hall–Kier alpha value is -2.07. The van der Waals surface area contributed by atoms with Crippen LogP contribution in [0.5, 0.6) is 0 Å². The highest BCUT2D eigenvalue weighted by molar-refractivity contribution is 6.23. The maximum Gasteiger partial charge on any atom is 0.460 e. The number of rotatable bonds is 4. The molecule has 0 amide bonds. The lowest BCUT2D eigenvalue weighted by Gasteiger charge is -2.34. The zero-order valence-electron chi connectivity index (χ0n) is 12.9. The second-order valence-corrected chi connectivity index (χ2v) is 5.38. The molecule has 1 aliphatic rings. The molecule has 0 radical (unpaired) electrons.